The lowest BCUT2D eigenvalue weighted by Crippen LogP contribution is -2.42. The van der Waals surface area contributed by atoms with Crippen LogP contribution < -0.4 is 10.6 Å². The van der Waals surface area contributed by atoms with Gasteiger partial charge in [0.1, 0.15) is 6.04 Å². The SMILES string of the molecule is CCCC[C@H](C)NC(=O)C(C)Nc1ccc(Cl)c(Cl)c1.[NH-]Cc1ccccc1. The minimum Gasteiger partial charge on any atom is -0.674 e. The Bertz CT molecular complexity index is 710. The Morgan fingerprint density at radius 3 is 2.29 bits per heavy atom. The van der Waals surface area contributed by atoms with Crippen molar-refractivity contribution in [3.63, 3.8) is 0 Å². The quantitative estimate of drug-likeness (QED) is 0.495. The molecule has 0 aromatic heterocycles. The first-order chi connectivity index (χ1) is 13.4. The summed E-state index contributed by atoms with van der Waals surface area (Å²) in [6, 6.07) is 14.9. The van der Waals surface area contributed by atoms with Crippen molar-refractivity contribution in [1.82, 2.24) is 5.32 Å². The molecular formula is C22H30Cl2N3O-. The van der Waals surface area contributed by atoms with Crippen LogP contribution in [0.15, 0.2) is 48.5 Å². The molecule has 1 unspecified atom stereocenters. The fraction of sp³-hybridized carbons (Fsp3) is 0.409. The normalized spacial score (nSPS) is 12.4. The molecule has 0 saturated heterocycles. The van der Waals surface area contributed by atoms with Crippen LogP contribution in [0, 0.1) is 0 Å². The van der Waals surface area contributed by atoms with Crippen molar-refractivity contribution in [1.29, 1.82) is 0 Å². The van der Waals surface area contributed by atoms with Gasteiger partial charge in [0.25, 0.3) is 0 Å². The molecule has 0 aliphatic heterocycles. The number of carbonyl (C=O) groups is 1. The first-order valence-electron chi connectivity index (χ1n) is 9.57. The first-order valence-corrected chi connectivity index (χ1v) is 10.3. The second-order valence-corrected chi connectivity index (χ2v) is 7.52. The molecule has 2 aromatic rings. The van der Waals surface area contributed by atoms with Gasteiger partial charge in [0, 0.05) is 11.7 Å². The minimum absolute atomic E-state index is 0.0142. The Balaban J connectivity index is 0.000000406. The van der Waals surface area contributed by atoms with Crippen LogP contribution in [0.5, 0.6) is 0 Å². The molecule has 28 heavy (non-hydrogen) atoms. The number of carbonyl (C=O) groups excluding carboxylic acids is 1. The van der Waals surface area contributed by atoms with Crippen molar-refractivity contribution in [3.8, 4) is 0 Å². The lowest BCUT2D eigenvalue weighted by Gasteiger charge is -2.19. The number of halogens is 2. The van der Waals surface area contributed by atoms with Crippen LogP contribution >= 0.6 is 23.2 Å². The van der Waals surface area contributed by atoms with E-state index in [1.165, 1.54) is 0 Å². The topological polar surface area (TPSA) is 64.9 Å². The van der Waals surface area contributed by atoms with Gasteiger partial charge in [0.15, 0.2) is 0 Å². The van der Waals surface area contributed by atoms with Gasteiger partial charge in [-0.15, -0.1) is 6.54 Å². The summed E-state index contributed by atoms with van der Waals surface area (Å²) >= 11 is 11.8. The average Bonchev–Trinajstić information content (AvgIpc) is 2.70. The number of hydrogen-bond acceptors (Lipinski definition) is 2. The number of rotatable bonds is 8. The van der Waals surface area contributed by atoms with Crippen LogP contribution in [0.3, 0.4) is 0 Å². The Kier molecular flexibility index (Phi) is 11.7. The summed E-state index contributed by atoms with van der Waals surface area (Å²) in [7, 11) is 0. The maximum atomic E-state index is 12.0. The predicted molar refractivity (Wildman–Crippen MR) is 121 cm³/mol. The highest BCUT2D eigenvalue weighted by molar-refractivity contribution is 6.42. The zero-order chi connectivity index (χ0) is 20.9. The van der Waals surface area contributed by atoms with Crippen molar-refractivity contribution in [3.05, 3.63) is 69.9 Å². The molecule has 6 heteroatoms. The van der Waals surface area contributed by atoms with Crippen molar-refractivity contribution in [2.75, 3.05) is 5.32 Å². The molecule has 0 aliphatic rings. The fourth-order valence-electron chi connectivity index (χ4n) is 2.45. The molecule has 154 valence electrons. The molecule has 0 radical (unpaired) electrons. The lowest BCUT2D eigenvalue weighted by molar-refractivity contribution is -0.122. The summed E-state index contributed by atoms with van der Waals surface area (Å²) in [5, 5.41) is 7.09. The van der Waals surface area contributed by atoms with Crippen LogP contribution in [0.1, 0.15) is 45.6 Å². The Hall–Kier alpha value is -1.75. The summed E-state index contributed by atoms with van der Waals surface area (Å²) in [5.74, 6) is -0.0142. The van der Waals surface area contributed by atoms with E-state index in [1.807, 2.05) is 44.2 Å². The number of unbranched alkanes of at least 4 members (excludes halogenated alkanes) is 1. The highest BCUT2D eigenvalue weighted by atomic mass is 35.5. The second-order valence-electron chi connectivity index (χ2n) is 6.71. The first kappa shape index (κ1) is 24.3. The molecule has 2 rings (SSSR count). The molecule has 0 heterocycles. The number of hydrogen-bond donors (Lipinski definition) is 2. The summed E-state index contributed by atoms with van der Waals surface area (Å²) < 4.78 is 0. The highest BCUT2D eigenvalue weighted by Crippen LogP contribution is 2.25. The van der Waals surface area contributed by atoms with Gasteiger partial charge >= 0.3 is 0 Å². The Morgan fingerprint density at radius 2 is 1.75 bits per heavy atom. The van der Waals surface area contributed by atoms with Crippen LogP contribution in [-0.4, -0.2) is 18.0 Å². The molecule has 0 saturated carbocycles. The smallest absolute Gasteiger partial charge is 0.242 e. The standard InChI is InChI=1S/C15H22Cl2N2O.C7H8N/c1-4-5-6-10(2)18-15(20)11(3)19-12-7-8-13(16)14(17)9-12;8-6-7-4-2-1-3-5-7/h7-11,19H,4-6H2,1-3H3,(H,18,20);1-5,8H,6H2/q;-1/t10-,11?;/m0./s1. The predicted octanol–water partition coefficient (Wildman–Crippen LogP) is 6.73. The van der Waals surface area contributed by atoms with E-state index < -0.39 is 0 Å². The summed E-state index contributed by atoms with van der Waals surface area (Å²) in [5.41, 5.74) is 8.80. The molecule has 1 amide bonds. The minimum atomic E-state index is -0.323. The number of anilines is 1. The maximum absolute atomic E-state index is 12.0. The average molecular weight is 423 g/mol. The molecule has 4 nitrogen and oxygen atoms in total. The van der Waals surface area contributed by atoms with Crippen molar-refractivity contribution in [2.45, 2.75) is 58.7 Å². The zero-order valence-corrected chi connectivity index (χ0v) is 18.3. The molecule has 0 fully saturated rings. The largest absolute Gasteiger partial charge is 0.674 e. The van der Waals surface area contributed by atoms with Crippen molar-refractivity contribution < 1.29 is 4.79 Å². The summed E-state index contributed by atoms with van der Waals surface area (Å²) in [6.45, 7) is 6.38. The van der Waals surface area contributed by atoms with Crippen molar-refractivity contribution >= 4 is 34.8 Å². The molecule has 2 atom stereocenters. The third-order valence-corrected chi connectivity index (χ3v) is 4.86. The van der Waals surface area contributed by atoms with Crippen LogP contribution in [0.4, 0.5) is 5.69 Å². The van der Waals surface area contributed by atoms with Gasteiger partial charge in [-0.3, -0.25) is 4.79 Å². The van der Waals surface area contributed by atoms with Gasteiger partial charge < -0.3 is 16.4 Å². The van der Waals surface area contributed by atoms with E-state index >= 15 is 0 Å². The monoisotopic (exact) mass is 422 g/mol. The molecule has 2 aromatic carbocycles. The van der Waals surface area contributed by atoms with E-state index in [2.05, 4.69) is 17.6 Å². The number of benzene rings is 2. The van der Waals surface area contributed by atoms with Crippen LogP contribution in [-0.2, 0) is 11.3 Å². The molecule has 0 spiro atoms. The summed E-state index contributed by atoms with van der Waals surface area (Å²) in [6.07, 6.45) is 3.26. The van der Waals surface area contributed by atoms with Gasteiger partial charge in [-0.05, 0) is 38.5 Å². The third kappa shape index (κ3) is 9.45. The van der Waals surface area contributed by atoms with Crippen molar-refractivity contribution in [2.24, 2.45) is 0 Å². The van der Waals surface area contributed by atoms with Gasteiger partial charge in [0.05, 0.1) is 10.0 Å². The van der Waals surface area contributed by atoms with Crippen LogP contribution in [0.2, 0.25) is 10.0 Å². The van der Waals surface area contributed by atoms with E-state index in [0.717, 1.165) is 30.5 Å². The zero-order valence-electron chi connectivity index (χ0n) is 16.8. The third-order valence-electron chi connectivity index (χ3n) is 4.12. The van der Waals surface area contributed by atoms with Gasteiger partial charge in [-0.2, -0.15) is 0 Å². The van der Waals surface area contributed by atoms with E-state index in [9.17, 15) is 4.79 Å². The Labute approximate surface area is 178 Å². The summed E-state index contributed by atoms with van der Waals surface area (Å²) in [4.78, 5) is 12.0. The van der Waals surface area contributed by atoms with E-state index in [0.29, 0.717) is 16.6 Å². The van der Waals surface area contributed by atoms with E-state index in [-0.39, 0.29) is 18.0 Å². The van der Waals surface area contributed by atoms with E-state index in [1.54, 1.807) is 18.2 Å². The highest BCUT2D eigenvalue weighted by Gasteiger charge is 2.15. The lowest BCUT2D eigenvalue weighted by atomic mass is 10.1. The Morgan fingerprint density at radius 1 is 1.07 bits per heavy atom. The number of nitrogens with one attached hydrogen (secondary N) is 3. The second kappa shape index (κ2) is 13.4. The molecule has 3 N–H and O–H groups in total. The van der Waals surface area contributed by atoms with E-state index in [4.69, 9.17) is 28.9 Å². The van der Waals surface area contributed by atoms with Crippen LogP contribution in [0.25, 0.3) is 5.73 Å². The van der Waals surface area contributed by atoms with Gasteiger partial charge in [-0.25, -0.2) is 0 Å². The fourth-order valence-corrected chi connectivity index (χ4v) is 2.75. The molecule has 0 bridgehead atoms. The van der Waals surface area contributed by atoms with Gasteiger partial charge in [0.2, 0.25) is 5.91 Å². The molecular weight excluding hydrogens is 393 g/mol. The maximum Gasteiger partial charge on any atom is 0.242 e. The van der Waals surface area contributed by atoms with Gasteiger partial charge in [-0.1, -0.05) is 78.9 Å². The number of amides is 1. The molecule has 0 aliphatic carbocycles.